The predicted molar refractivity (Wildman–Crippen MR) is 76.6 cm³/mol. The van der Waals surface area contributed by atoms with Crippen LogP contribution in [0.3, 0.4) is 0 Å². The van der Waals surface area contributed by atoms with Crippen LogP contribution in [0.1, 0.15) is 38.7 Å². The van der Waals surface area contributed by atoms with Crippen molar-refractivity contribution in [2.75, 3.05) is 0 Å². The molecule has 2 bridgehead atoms. The fourth-order valence-electron chi connectivity index (χ4n) is 4.14. The van der Waals surface area contributed by atoms with E-state index in [2.05, 4.69) is 19.2 Å². The van der Waals surface area contributed by atoms with Gasteiger partial charge in [-0.3, -0.25) is 0 Å². The largest absolute Gasteiger partial charge is 0.504 e. The van der Waals surface area contributed by atoms with Crippen molar-refractivity contribution in [3.63, 3.8) is 0 Å². The third kappa shape index (κ3) is 1.90. The summed E-state index contributed by atoms with van der Waals surface area (Å²) >= 11 is 0. The second-order valence-electron chi connectivity index (χ2n) is 6.60. The zero-order valence-corrected chi connectivity index (χ0v) is 12.0. The molecule has 0 amide bonds. The number of phenols is 2. The number of aromatic hydroxyl groups is 2. The normalized spacial score (nSPS) is 35.9. The number of hydrogen-bond donors (Lipinski definition) is 4. The summed E-state index contributed by atoms with van der Waals surface area (Å²) in [5.41, 5.74) is -0.239. The lowest BCUT2D eigenvalue weighted by molar-refractivity contribution is -0.0484. The van der Waals surface area contributed by atoms with E-state index in [1.165, 1.54) is 12.1 Å². The van der Waals surface area contributed by atoms with Crippen molar-refractivity contribution in [2.24, 2.45) is 11.8 Å². The fourth-order valence-corrected chi connectivity index (χ4v) is 4.14. The summed E-state index contributed by atoms with van der Waals surface area (Å²) in [5.74, 6) is 0.409. The van der Waals surface area contributed by atoms with Crippen LogP contribution in [0.25, 0.3) is 0 Å². The molecule has 1 aromatic rings. The standard InChI is InChI=1S/C16H23NO3/c1-9(2)17-15-10-3-4-11(7-10)16(15,20)12-5-6-13(18)14(19)8-12/h5-6,8-11,15,17-20H,3-4,7H2,1-2H3/t10-,11+,15-,16-/m1/s1. The quantitative estimate of drug-likeness (QED) is 0.638. The third-order valence-electron chi connectivity index (χ3n) is 4.99. The summed E-state index contributed by atoms with van der Waals surface area (Å²) in [6, 6.07) is 5.01. The van der Waals surface area contributed by atoms with Gasteiger partial charge in [0, 0.05) is 12.1 Å². The Morgan fingerprint density at radius 3 is 2.60 bits per heavy atom. The van der Waals surface area contributed by atoms with Crippen molar-refractivity contribution in [1.82, 2.24) is 5.32 Å². The van der Waals surface area contributed by atoms with Crippen molar-refractivity contribution in [3.8, 4) is 11.5 Å². The number of benzene rings is 1. The van der Waals surface area contributed by atoms with E-state index in [9.17, 15) is 15.3 Å². The highest BCUT2D eigenvalue weighted by molar-refractivity contribution is 5.44. The Morgan fingerprint density at radius 1 is 1.20 bits per heavy atom. The monoisotopic (exact) mass is 277 g/mol. The zero-order chi connectivity index (χ0) is 14.5. The van der Waals surface area contributed by atoms with Crippen LogP contribution < -0.4 is 5.32 Å². The van der Waals surface area contributed by atoms with Gasteiger partial charge >= 0.3 is 0 Å². The Hall–Kier alpha value is -1.26. The van der Waals surface area contributed by atoms with Crippen LogP contribution in [0.15, 0.2) is 18.2 Å². The van der Waals surface area contributed by atoms with E-state index < -0.39 is 5.60 Å². The first kappa shape index (κ1) is 13.7. The highest BCUT2D eigenvalue weighted by Crippen LogP contribution is 2.56. The number of rotatable bonds is 3. The number of phenolic OH excluding ortho intramolecular Hbond substituents is 2. The van der Waals surface area contributed by atoms with Crippen LogP contribution in [-0.2, 0) is 5.60 Å². The van der Waals surface area contributed by atoms with Crippen LogP contribution in [0.5, 0.6) is 11.5 Å². The summed E-state index contributed by atoms with van der Waals surface area (Å²) in [5, 5.41) is 34.0. The van der Waals surface area contributed by atoms with Gasteiger partial charge in [0.2, 0.25) is 0 Å². The minimum atomic E-state index is -0.946. The molecule has 0 aromatic heterocycles. The van der Waals surface area contributed by atoms with Crippen LogP contribution in [0, 0.1) is 11.8 Å². The van der Waals surface area contributed by atoms with Crippen molar-refractivity contribution in [2.45, 2.75) is 50.8 Å². The molecule has 0 radical (unpaired) electrons. The molecule has 0 saturated heterocycles. The average molecular weight is 277 g/mol. The molecule has 0 spiro atoms. The van der Waals surface area contributed by atoms with Crippen LogP contribution in [-0.4, -0.2) is 27.4 Å². The van der Waals surface area contributed by atoms with E-state index >= 15 is 0 Å². The van der Waals surface area contributed by atoms with Crippen LogP contribution in [0.4, 0.5) is 0 Å². The van der Waals surface area contributed by atoms with Gasteiger partial charge in [-0.05, 0) is 48.8 Å². The molecule has 4 atom stereocenters. The van der Waals surface area contributed by atoms with E-state index in [1.807, 2.05) is 0 Å². The topological polar surface area (TPSA) is 72.7 Å². The first-order valence-electron chi connectivity index (χ1n) is 7.43. The second-order valence-corrected chi connectivity index (χ2v) is 6.60. The molecule has 3 rings (SSSR count). The molecule has 2 aliphatic rings. The molecule has 4 N–H and O–H groups in total. The predicted octanol–water partition coefficient (Wildman–Crippen LogP) is 2.08. The third-order valence-corrected chi connectivity index (χ3v) is 4.99. The van der Waals surface area contributed by atoms with Gasteiger partial charge in [0.15, 0.2) is 11.5 Å². The first-order chi connectivity index (χ1) is 9.42. The molecule has 4 heteroatoms. The molecule has 2 fully saturated rings. The van der Waals surface area contributed by atoms with E-state index in [4.69, 9.17) is 0 Å². The average Bonchev–Trinajstić information content (AvgIpc) is 2.95. The smallest absolute Gasteiger partial charge is 0.157 e. The minimum Gasteiger partial charge on any atom is -0.504 e. The Bertz CT molecular complexity index is 516. The van der Waals surface area contributed by atoms with Crippen LogP contribution in [0.2, 0.25) is 0 Å². The van der Waals surface area contributed by atoms with Crippen LogP contribution >= 0.6 is 0 Å². The van der Waals surface area contributed by atoms with E-state index in [-0.39, 0.29) is 23.5 Å². The highest BCUT2D eigenvalue weighted by atomic mass is 16.3. The number of nitrogens with one attached hydrogen (secondary N) is 1. The van der Waals surface area contributed by atoms with Gasteiger partial charge in [0.1, 0.15) is 5.60 Å². The molecule has 0 aliphatic heterocycles. The van der Waals surface area contributed by atoms with Crippen molar-refractivity contribution in [1.29, 1.82) is 0 Å². The van der Waals surface area contributed by atoms with Crippen molar-refractivity contribution >= 4 is 0 Å². The molecule has 2 saturated carbocycles. The van der Waals surface area contributed by atoms with Gasteiger partial charge in [0.05, 0.1) is 0 Å². The molecule has 20 heavy (non-hydrogen) atoms. The van der Waals surface area contributed by atoms with E-state index in [0.29, 0.717) is 17.5 Å². The number of aliphatic hydroxyl groups is 1. The molecule has 0 unspecified atom stereocenters. The Labute approximate surface area is 119 Å². The Morgan fingerprint density at radius 2 is 1.95 bits per heavy atom. The maximum absolute atomic E-state index is 11.3. The lowest BCUT2D eigenvalue weighted by Gasteiger charge is -2.41. The molecule has 4 nitrogen and oxygen atoms in total. The van der Waals surface area contributed by atoms with E-state index in [0.717, 1.165) is 19.3 Å². The molecule has 0 heterocycles. The zero-order valence-electron chi connectivity index (χ0n) is 12.0. The van der Waals surface area contributed by atoms with E-state index in [1.54, 1.807) is 6.07 Å². The molecule has 2 aliphatic carbocycles. The lowest BCUT2D eigenvalue weighted by atomic mass is 9.75. The molecular weight excluding hydrogens is 254 g/mol. The molecular formula is C16H23NO3. The van der Waals surface area contributed by atoms with Crippen molar-refractivity contribution < 1.29 is 15.3 Å². The fraction of sp³-hybridized carbons (Fsp3) is 0.625. The maximum atomic E-state index is 11.3. The maximum Gasteiger partial charge on any atom is 0.157 e. The van der Waals surface area contributed by atoms with Gasteiger partial charge in [-0.2, -0.15) is 0 Å². The van der Waals surface area contributed by atoms with Gasteiger partial charge in [-0.15, -0.1) is 0 Å². The van der Waals surface area contributed by atoms with Gasteiger partial charge in [-0.25, -0.2) is 0 Å². The SMILES string of the molecule is CC(C)N[C@@H]1[C@@H]2CC[C@@H](C2)[C@@]1(O)c1ccc(O)c(O)c1. The van der Waals surface area contributed by atoms with Crippen molar-refractivity contribution in [3.05, 3.63) is 23.8 Å². The van der Waals surface area contributed by atoms with Gasteiger partial charge < -0.3 is 20.6 Å². The number of fused-ring (bicyclic) bond motifs is 2. The Balaban J connectivity index is 2.00. The summed E-state index contributed by atoms with van der Waals surface area (Å²) in [6.45, 7) is 4.17. The first-order valence-corrected chi connectivity index (χ1v) is 7.43. The van der Waals surface area contributed by atoms with Gasteiger partial charge in [0.25, 0.3) is 0 Å². The summed E-state index contributed by atoms with van der Waals surface area (Å²) in [6.07, 6.45) is 3.21. The molecule has 1 aromatic carbocycles. The lowest BCUT2D eigenvalue weighted by Crippen LogP contribution is -2.54. The summed E-state index contributed by atoms with van der Waals surface area (Å²) in [4.78, 5) is 0. The Kier molecular flexibility index (Phi) is 3.18. The summed E-state index contributed by atoms with van der Waals surface area (Å²) < 4.78 is 0. The van der Waals surface area contributed by atoms with Gasteiger partial charge in [-0.1, -0.05) is 19.9 Å². The minimum absolute atomic E-state index is 0.0187. The second kappa shape index (κ2) is 4.64. The number of hydrogen-bond acceptors (Lipinski definition) is 4. The molecule has 110 valence electrons. The summed E-state index contributed by atoms with van der Waals surface area (Å²) in [7, 11) is 0. The highest BCUT2D eigenvalue weighted by Gasteiger charge is 2.58.